The lowest BCUT2D eigenvalue weighted by Gasteiger charge is -2.28. The van der Waals surface area contributed by atoms with Crippen LogP contribution in [0.1, 0.15) is 49.7 Å². The second-order valence-electron chi connectivity index (χ2n) is 6.26. The van der Waals surface area contributed by atoms with Crippen molar-refractivity contribution in [1.82, 2.24) is 0 Å². The maximum absolute atomic E-state index is 12.5. The summed E-state index contributed by atoms with van der Waals surface area (Å²) in [4.78, 5) is 0. The van der Waals surface area contributed by atoms with Crippen LogP contribution in [0.4, 0.5) is 13.2 Å². The normalized spacial score (nSPS) is 21.8. The van der Waals surface area contributed by atoms with Gasteiger partial charge in [0.15, 0.2) is 0 Å². The average molecular weight is 337 g/mol. The van der Waals surface area contributed by atoms with E-state index >= 15 is 0 Å². The van der Waals surface area contributed by atoms with E-state index in [4.69, 9.17) is 10.00 Å². The number of nitriles is 1. The third kappa shape index (κ3) is 6.01. The van der Waals surface area contributed by atoms with Crippen LogP contribution in [0.5, 0.6) is 0 Å². The van der Waals surface area contributed by atoms with E-state index in [1.807, 2.05) is 12.1 Å². The summed E-state index contributed by atoms with van der Waals surface area (Å²) in [5, 5.41) is 8.44. The van der Waals surface area contributed by atoms with Gasteiger partial charge in [0.2, 0.25) is 0 Å². The predicted molar refractivity (Wildman–Crippen MR) is 86.0 cm³/mol. The first-order valence-electron chi connectivity index (χ1n) is 8.31. The highest BCUT2D eigenvalue weighted by atomic mass is 19.4. The van der Waals surface area contributed by atoms with Crippen LogP contribution in [0.15, 0.2) is 36.4 Å². The van der Waals surface area contributed by atoms with Gasteiger partial charge in [-0.05, 0) is 62.1 Å². The predicted octanol–water partition coefficient (Wildman–Crippen LogP) is 5.64. The Morgan fingerprint density at radius 2 is 1.79 bits per heavy atom. The Kier molecular flexibility index (Phi) is 6.86. The number of allylic oxidation sites excluding steroid dienone is 2. The van der Waals surface area contributed by atoms with Crippen molar-refractivity contribution in [2.75, 3.05) is 0 Å². The molecule has 0 heterocycles. The fraction of sp³-hybridized carbons (Fsp3) is 0.526. The molecule has 0 N–H and O–H groups in total. The molecule has 1 fully saturated rings. The zero-order valence-corrected chi connectivity index (χ0v) is 13.6. The largest absolute Gasteiger partial charge is 0.416 e. The van der Waals surface area contributed by atoms with Crippen LogP contribution in [0.2, 0.25) is 0 Å². The molecule has 0 saturated heterocycles. The van der Waals surface area contributed by atoms with Gasteiger partial charge in [-0.2, -0.15) is 18.4 Å². The fourth-order valence-electron chi connectivity index (χ4n) is 3.06. The minimum atomic E-state index is -4.29. The van der Waals surface area contributed by atoms with Crippen LogP contribution < -0.4 is 0 Å². The molecule has 24 heavy (non-hydrogen) atoms. The van der Waals surface area contributed by atoms with Gasteiger partial charge in [-0.25, -0.2) is 0 Å². The Hall–Kier alpha value is -1.80. The highest BCUT2D eigenvalue weighted by Crippen LogP contribution is 2.31. The van der Waals surface area contributed by atoms with E-state index in [0.717, 1.165) is 56.2 Å². The van der Waals surface area contributed by atoms with Gasteiger partial charge in [0.05, 0.1) is 24.3 Å². The number of alkyl halides is 3. The van der Waals surface area contributed by atoms with E-state index in [0.29, 0.717) is 12.5 Å². The maximum Gasteiger partial charge on any atom is 0.416 e. The molecule has 1 aliphatic carbocycles. The van der Waals surface area contributed by atoms with E-state index < -0.39 is 11.7 Å². The molecule has 130 valence electrons. The molecule has 2 nitrogen and oxygen atoms in total. The molecule has 2 rings (SSSR count). The molecule has 0 bridgehead atoms. The van der Waals surface area contributed by atoms with Gasteiger partial charge in [-0.1, -0.05) is 18.2 Å². The SMILES string of the molecule is N#C/C=C/CC[C@H]1CC[C@H](OCc2ccc(C(F)(F)F)cc2)CC1. The molecule has 0 amide bonds. The van der Waals surface area contributed by atoms with Crippen molar-refractivity contribution in [3.8, 4) is 6.07 Å². The second kappa shape index (κ2) is 8.89. The number of halogens is 3. The molecule has 0 spiro atoms. The third-order valence-electron chi connectivity index (χ3n) is 4.49. The summed E-state index contributed by atoms with van der Waals surface area (Å²) in [5.74, 6) is 0.680. The molecule has 5 heteroatoms. The zero-order valence-electron chi connectivity index (χ0n) is 13.6. The number of rotatable bonds is 6. The molecule has 1 aromatic rings. The zero-order chi connectivity index (χ0) is 17.4. The summed E-state index contributed by atoms with van der Waals surface area (Å²) in [6.07, 6.45) is 5.58. The quantitative estimate of drug-likeness (QED) is 0.629. The number of ether oxygens (including phenoxy) is 1. The Morgan fingerprint density at radius 3 is 2.38 bits per heavy atom. The number of benzene rings is 1. The smallest absolute Gasteiger partial charge is 0.374 e. The Bertz CT molecular complexity index is 564. The average Bonchev–Trinajstić information content (AvgIpc) is 2.57. The van der Waals surface area contributed by atoms with Crippen molar-refractivity contribution < 1.29 is 17.9 Å². The van der Waals surface area contributed by atoms with Gasteiger partial charge in [0.25, 0.3) is 0 Å². The topological polar surface area (TPSA) is 33.0 Å². The third-order valence-corrected chi connectivity index (χ3v) is 4.49. The lowest BCUT2D eigenvalue weighted by Crippen LogP contribution is -2.21. The van der Waals surface area contributed by atoms with Crippen LogP contribution in [0, 0.1) is 17.2 Å². The first-order chi connectivity index (χ1) is 11.5. The van der Waals surface area contributed by atoms with E-state index in [1.54, 1.807) is 0 Å². The van der Waals surface area contributed by atoms with Crippen LogP contribution in [0.3, 0.4) is 0 Å². The molecule has 0 aliphatic heterocycles. The standard InChI is InChI=1S/C19H22F3NO/c20-19(21,22)17-9-5-16(6-10-17)14-24-18-11-7-15(8-12-18)4-2-1-3-13-23/h1,3,5-6,9-10,15,18H,2,4,7-8,11-12,14H2/b3-1+/t15-,18-. The molecule has 0 aromatic heterocycles. The van der Waals surface area contributed by atoms with Crippen molar-refractivity contribution in [3.63, 3.8) is 0 Å². The molecule has 1 saturated carbocycles. The van der Waals surface area contributed by atoms with Crippen LogP contribution in [-0.4, -0.2) is 6.10 Å². The molecule has 1 aromatic carbocycles. The van der Waals surface area contributed by atoms with Gasteiger partial charge in [-0.3, -0.25) is 0 Å². The van der Waals surface area contributed by atoms with Crippen molar-refractivity contribution in [1.29, 1.82) is 5.26 Å². The van der Waals surface area contributed by atoms with E-state index in [1.165, 1.54) is 18.2 Å². The summed E-state index contributed by atoms with van der Waals surface area (Å²) < 4.78 is 43.4. The van der Waals surface area contributed by atoms with Crippen molar-refractivity contribution >= 4 is 0 Å². The summed E-state index contributed by atoms with van der Waals surface area (Å²) in [7, 11) is 0. The summed E-state index contributed by atoms with van der Waals surface area (Å²) in [6.45, 7) is 0.360. The Morgan fingerprint density at radius 1 is 1.12 bits per heavy atom. The van der Waals surface area contributed by atoms with E-state index in [9.17, 15) is 13.2 Å². The summed E-state index contributed by atoms with van der Waals surface area (Å²) in [6, 6.07) is 7.16. The van der Waals surface area contributed by atoms with E-state index in [2.05, 4.69) is 0 Å². The lowest BCUT2D eigenvalue weighted by atomic mass is 9.84. The van der Waals surface area contributed by atoms with E-state index in [-0.39, 0.29) is 6.10 Å². The highest BCUT2D eigenvalue weighted by molar-refractivity contribution is 5.24. The summed E-state index contributed by atoms with van der Waals surface area (Å²) in [5.41, 5.74) is 0.143. The van der Waals surface area contributed by atoms with Crippen molar-refractivity contribution in [3.05, 3.63) is 47.5 Å². The monoisotopic (exact) mass is 337 g/mol. The van der Waals surface area contributed by atoms with Gasteiger partial charge in [-0.15, -0.1) is 0 Å². The Labute approximate surface area is 140 Å². The molecule has 1 aliphatic rings. The van der Waals surface area contributed by atoms with Crippen LogP contribution in [-0.2, 0) is 17.5 Å². The number of hydrogen-bond donors (Lipinski definition) is 0. The second-order valence-corrected chi connectivity index (χ2v) is 6.26. The van der Waals surface area contributed by atoms with Gasteiger partial charge < -0.3 is 4.74 Å². The van der Waals surface area contributed by atoms with Gasteiger partial charge >= 0.3 is 6.18 Å². The number of nitrogens with zero attached hydrogens (tertiary/aromatic N) is 1. The molecular weight excluding hydrogens is 315 g/mol. The Balaban J connectivity index is 1.69. The molecular formula is C19H22F3NO. The van der Waals surface area contributed by atoms with Crippen molar-refractivity contribution in [2.45, 2.75) is 57.4 Å². The maximum atomic E-state index is 12.5. The number of hydrogen-bond acceptors (Lipinski definition) is 2. The highest BCUT2D eigenvalue weighted by Gasteiger charge is 2.30. The van der Waals surface area contributed by atoms with Crippen molar-refractivity contribution in [2.24, 2.45) is 5.92 Å². The fourth-order valence-corrected chi connectivity index (χ4v) is 3.06. The van der Waals surface area contributed by atoms with Crippen LogP contribution in [0.25, 0.3) is 0 Å². The summed E-state index contributed by atoms with van der Waals surface area (Å²) >= 11 is 0. The minimum Gasteiger partial charge on any atom is -0.374 e. The first-order valence-corrected chi connectivity index (χ1v) is 8.31. The van der Waals surface area contributed by atoms with Crippen LogP contribution >= 0.6 is 0 Å². The lowest BCUT2D eigenvalue weighted by molar-refractivity contribution is -0.137. The van der Waals surface area contributed by atoms with Gasteiger partial charge in [0.1, 0.15) is 0 Å². The molecule has 0 radical (unpaired) electrons. The molecule has 0 unspecified atom stereocenters. The molecule has 0 atom stereocenters. The first kappa shape index (κ1) is 18.5. The van der Waals surface area contributed by atoms with Gasteiger partial charge in [0, 0.05) is 6.08 Å². The minimum absolute atomic E-state index is 0.193.